The lowest BCUT2D eigenvalue weighted by molar-refractivity contribution is 0.112. The van der Waals surface area contributed by atoms with Crippen LogP contribution in [0.5, 0.6) is 0 Å². The van der Waals surface area contributed by atoms with Gasteiger partial charge >= 0.3 is 0 Å². The molecule has 0 fully saturated rings. The van der Waals surface area contributed by atoms with Gasteiger partial charge in [-0.15, -0.1) is 0 Å². The summed E-state index contributed by atoms with van der Waals surface area (Å²) in [4.78, 5) is 10.8. The highest BCUT2D eigenvalue weighted by atomic mass is 79.9. The molecule has 80 valence electrons. The minimum Gasteiger partial charge on any atom is -0.298 e. The van der Waals surface area contributed by atoms with Gasteiger partial charge < -0.3 is 0 Å². The second kappa shape index (κ2) is 4.62. The fraction of sp³-hybridized carbons (Fsp3) is 0.0714. The van der Waals surface area contributed by atoms with Crippen LogP contribution in [0.2, 0.25) is 0 Å². The minimum atomic E-state index is 0.696. The van der Waals surface area contributed by atoms with Gasteiger partial charge in [0, 0.05) is 10.0 Å². The standard InChI is InChI=1S/C14H11BrO/c1-10-4-2-3-5-12(10)13-8-11(9-16)6-7-14(13)15/h2-9H,1H3. The van der Waals surface area contributed by atoms with Crippen LogP contribution < -0.4 is 0 Å². The first-order valence-electron chi connectivity index (χ1n) is 5.03. The lowest BCUT2D eigenvalue weighted by Crippen LogP contribution is -1.87. The van der Waals surface area contributed by atoms with Crippen molar-refractivity contribution in [2.24, 2.45) is 0 Å². The van der Waals surface area contributed by atoms with Crippen molar-refractivity contribution in [2.75, 3.05) is 0 Å². The number of rotatable bonds is 2. The normalized spacial score (nSPS) is 10.1. The molecule has 0 saturated heterocycles. The van der Waals surface area contributed by atoms with E-state index in [4.69, 9.17) is 0 Å². The van der Waals surface area contributed by atoms with Crippen molar-refractivity contribution in [2.45, 2.75) is 6.92 Å². The van der Waals surface area contributed by atoms with E-state index in [0.717, 1.165) is 21.9 Å². The van der Waals surface area contributed by atoms with Crippen LogP contribution in [0.15, 0.2) is 46.9 Å². The highest BCUT2D eigenvalue weighted by molar-refractivity contribution is 9.10. The Bertz CT molecular complexity index is 532. The van der Waals surface area contributed by atoms with E-state index in [1.807, 2.05) is 24.3 Å². The zero-order valence-corrected chi connectivity index (χ0v) is 10.5. The number of aldehydes is 1. The molecule has 2 aromatic carbocycles. The highest BCUT2D eigenvalue weighted by Crippen LogP contribution is 2.30. The van der Waals surface area contributed by atoms with Crippen molar-refractivity contribution < 1.29 is 4.79 Å². The Morgan fingerprint density at radius 2 is 1.81 bits per heavy atom. The molecule has 0 aliphatic rings. The van der Waals surface area contributed by atoms with E-state index >= 15 is 0 Å². The fourth-order valence-corrected chi connectivity index (χ4v) is 2.16. The van der Waals surface area contributed by atoms with Crippen molar-refractivity contribution in [3.8, 4) is 11.1 Å². The summed E-state index contributed by atoms with van der Waals surface area (Å²) < 4.78 is 1.01. The Morgan fingerprint density at radius 1 is 1.06 bits per heavy atom. The van der Waals surface area contributed by atoms with Crippen LogP contribution in [0, 0.1) is 6.92 Å². The molecule has 0 aromatic heterocycles. The molecule has 0 bridgehead atoms. The lowest BCUT2D eigenvalue weighted by Gasteiger charge is -2.08. The maximum Gasteiger partial charge on any atom is 0.150 e. The Morgan fingerprint density at radius 3 is 2.50 bits per heavy atom. The van der Waals surface area contributed by atoms with Crippen LogP contribution in [-0.2, 0) is 0 Å². The average molecular weight is 275 g/mol. The Labute approximate surface area is 103 Å². The lowest BCUT2D eigenvalue weighted by atomic mass is 9.99. The van der Waals surface area contributed by atoms with Gasteiger partial charge in [0.1, 0.15) is 6.29 Å². The zero-order chi connectivity index (χ0) is 11.5. The molecule has 2 heteroatoms. The summed E-state index contributed by atoms with van der Waals surface area (Å²) in [6, 6.07) is 13.8. The first kappa shape index (κ1) is 11.1. The summed E-state index contributed by atoms with van der Waals surface area (Å²) in [6.07, 6.45) is 0.869. The molecular weight excluding hydrogens is 264 g/mol. The maximum atomic E-state index is 10.8. The third-order valence-electron chi connectivity index (χ3n) is 2.56. The molecular formula is C14H11BrO. The van der Waals surface area contributed by atoms with Gasteiger partial charge in [0.25, 0.3) is 0 Å². The SMILES string of the molecule is Cc1ccccc1-c1cc(C=O)ccc1Br. The van der Waals surface area contributed by atoms with E-state index < -0.39 is 0 Å². The quantitative estimate of drug-likeness (QED) is 0.749. The third kappa shape index (κ3) is 2.07. The molecule has 0 amide bonds. The highest BCUT2D eigenvalue weighted by Gasteiger charge is 2.06. The Hall–Kier alpha value is -1.41. The van der Waals surface area contributed by atoms with Crippen molar-refractivity contribution in [3.63, 3.8) is 0 Å². The molecule has 1 nitrogen and oxygen atoms in total. The number of aryl methyl sites for hydroxylation is 1. The summed E-state index contributed by atoms with van der Waals surface area (Å²) in [5, 5.41) is 0. The maximum absolute atomic E-state index is 10.8. The second-order valence-corrected chi connectivity index (χ2v) is 4.53. The summed E-state index contributed by atoms with van der Waals surface area (Å²) in [5.41, 5.74) is 4.11. The predicted molar refractivity (Wildman–Crippen MR) is 69.7 cm³/mol. The number of carbonyl (C=O) groups excluding carboxylic acids is 1. The Kier molecular flexibility index (Phi) is 3.20. The van der Waals surface area contributed by atoms with Crippen LogP contribution in [0.25, 0.3) is 11.1 Å². The van der Waals surface area contributed by atoms with Crippen molar-refractivity contribution in [1.29, 1.82) is 0 Å². The monoisotopic (exact) mass is 274 g/mol. The molecule has 0 heterocycles. The molecule has 0 unspecified atom stereocenters. The zero-order valence-electron chi connectivity index (χ0n) is 8.91. The minimum absolute atomic E-state index is 0.696. The second-order valence-electron chi connectivity index (χ2n) is 3.67. The van der Waals surface area contributed by atoms with Gasteiger partial charge in [-0.25, -0.2) is 0 Å². The van der Waals surface area contributed by atoms with Crippen molar-refractivity contribution in [3.05, 3.63) is 58.1 Å². The largest absolute Gasteiger partial charge is 0.298 e. The molecule has 0 atom stereocenters. The number of hydrogen-bond donors (Lipinski definition) is 0. The summed E-state index contributed by atoms with van der Waals surface area (Å²) in [6.45, 7) is 2.06. The van der Waals surface area contributed by atoms with Crippen LogP contribution in [0.1, 0.15) is 15.9 Å². The van der Waals surface area contributed by atoms with E-state index in [-0.39, 0.29) is 0 Å². The first-order valence-corrected chi connectivity index (χ1v) is 5.82. The van der Waals surface area contributed by atoms with Gasteiger partial charge in [-0.05, 0) is 35.7 Å². The summed E-state index contributed by atoms with van der Waals surface area (Å²) in [5.74, 6) is 0. The van der Waals surface area contributed by atoms with E-state index in [0.29, 0.717) is 5.56 Å². The van der Waals surface area contributed by atoms with Gasteiger partial charge in [-0.2, -0.15) is 0 Å². The van der Waals surface area contributed by atoms with Crippen molar-refractivity contribution >= 4 is 22.2 Å². The third-order valence-corrected chi connectivity index (χ3v) is 3.25. The molecule has 0 saturated carbocycles. The molecule has 2 aromatic rings. The van der Waals surface area contributed by atoms with Gasteiger partial charge in [0.15, 0.2) is 0 Å². The van der Waals surface area contributed by atoms with Gasteiger partial charge in [-0.1, -0.05) is 46.3 Å². The Balaban J connectivity index is 2.63. The topological polar surface area (TPSA) is 17.1 Å². The van der Waals surface area contributed by atoms with E-state index in [2.05, 4.69) is 35.0 Å². The van der Waals surface area contributed by atoms with E-state index in [1.165, 1.54) is 5.56 Å². The average Bonchev–Trinajstić information content (AvgIpc) is 2.31. The smallest absolute Gasteiger partial charge is 0.150 e. The number of halogens is 1. The molecule has 2 rings (SSSR count). The molecule has 0 N–H and O–H groups in total. The predicted octanol–water partition coefficient (Wildman–Crippen LogP) is 4.24. The van der Waals surface area contributed by atoms with Gasteiger partial charge in [-0.3, -0.25) is 4.79 Å². The number of benzene rings is 2. The van der Waals surface area contributed by atoms with Crippen LogP contribution >= 0.6 is 15.9 Å². The summed E-state index contributed by atoms with van der Waals surface area (Å²) >= 11 is 3.51. The van der Waals surface area contributed by atoms with E-state index in [1.54, 1.807) is 6.07 Å². The van der Waals surface area contributed by atoms with Gasteiger partial charge in [0.2, 0.25) is 0 Å². The molecule has 0 spiro atoms. The van der Waals surface area contributed by atoms with Crippen LogP contribution in [0.3, 0.4) is 0 Å². The fourth-order valence-electron chi connectivity index (χ4n) is 1.70. The van der Waals surface area contributed by atoms with Gasteiger partial charge in [0.05, 0.1) is 0 Å². The molecule has 16 heavy (non-hydrogen) atoms. The summed E-state index contributed by atoms with van der Waals surface area (Å²) in [7, 11) is 0. The molecule has 0 aliphatic heterocycles. The number of carbonyl (C=O) groups is 1. The van der Waals surface area contributed by atoms with Crippen molar-refractivity contribution in [1.82, 2.24) is 0 Å². The molecule has 0 aliphatic carbocycles. The van der Waals surface area contributed by atoms with E-state index in [9.17, 15) is 4.79 Å². The van der Waals surface area contributed by atoms with Crippen LogP contribution in [-0.4, -0.2) is 6.29 Å². The van der Waals surface area contributed by atoms with Crippen LogP contribution in [0.4, 0.5) is 0 Å². The molecule has 0 radical (unpaired) electrons. The number of hydrogen-bond acceptors (Lipinski definition) is 1. The first-order chi connectivity index (χ1) is 7.72.